The van der Waals surface area contributed by atoms with Crippen LogP contribution in [0.4, 0.5) is 19.0 Å². The SMILES string of the molecule is O=C(NCc1ccc(N2CCCCC2)nc1)c1cccc(OC(F)(F)F)c1. The maximum atomic E-state index is 12.3. The highest BCUT2D eigenvalue weighted by molar-refractivity contribution is 5.94. The highest BCUT2D eigenvalue weighted by Crippen LogP contribution is 2.23. The fourth-order valence-electron chi connectivity index (χ4n) is 2.95. The van der Waals surface area contributed by atoms with Gasteiger partial charge in [0.05, 0.1) is 0 Å². The molecule has 0 radical (unpaired) electrons. The fourth-order valence-corrected chi connectivity index (χ4v) is 2.95. The van der Waals surface area contributed by atoms with Crippen molar-refractivity contribution in [2.75, 3.05) is 18.0 Å². The first kappa shape index (κ1) is 19.0. The summed E-state index contributed by atoms with van der Waals surface area (Å²) in [7, 11) is 0. The highest BCUT2D eigenvalue weighted by atomic mass is 19.4. The van der Waals surface area contributed by atoms with Crippen molar-refractivity contribution < 1.29 is 22.7 Å². The molecule has 2 aromatic rings. The maximum Gasteiger partial charge on any atom is 0.573 e. The Hall–Kier alpha value is -2.77. The molecular weight excluding hydrogens is 359 g/mol. The predicted octanol–water partition coefficient (Wildman–Crippen LogP) is 3.90. The van der Waals surface area contributed by atoms with E-state index in [1.165, 1.54) is 18.6 Å². The van der Waals surface area contributed by atoms with Gasteiger partial charge in [-0.3, -0.25) is 4.79 Å². The van der Waals surface area contributed by atoms with Crippen molar-refractivity contribution in [3.63, 3.8) is 0 Å². The van der Waals surface area contributed by atoms with E-state index in [2.05, 4.69) is 19.9 Å². The summed E-state index contributed by atoms with van der Waals surface area (Å²) in [5, 5.41) is 2.67. The van der Waals surface area contributed by atoms with E-state index in [-0.39, 0.29) is 12.1 Å². The second kappa shape index (κ2) is 8.28. The number of nitrogens with zero attached hydrogens (tertiary/aromatic N) is 2. The topological polar surface area (TPSA) is 54.5 Å². The molecule has 1 aliphatic heterocycles. The molecule has 0 saturated carbocycles. The minimum Gasteiger partial charge on any atom is -0.406 e. The van der Waals surface area contributed by atoms with Gasteiger partial charge in [-0.2, -0.15) is 0 Å². The Labute approximate surface area is 155 Å². The largest absolute Gasteiger partial charge is 0.573 e. The molecule has 1 N–H and O–H groups in total. The highest BCUT2D eigenvalue weighted by Gasteiger charge is 2.31. The number of pyridine rings is 1. The van der Waals surface area contributed by atoms with Crippen molar-refractivity contribution in [3.8, 4) is 5.75 Å². The lowest BCUT2D eigenvalue weighted by Gasteiger charge is -2.27. The number of hydrogen-bond acceptors (Lipinski definition) is 4. The number of benzene rings is 1. The van der Waals surface area contributed by atoms with Crippen molar-refractivity contribution in [2.45, 2.75) is 32.2 Å². The molecule has 1 aliphatic rings. The molecule has 27 heavy (non-hydrogen) atoms. The second-order valence-corrected chi connectivity index (χ2v) is 6.33. The number of amides is 1. The number of aromatic nitrogens is 1. The van der Waals surface area contributed by atoms with Gasteiger partial charge in [0.15, 0.2) is 0 Å². The molecule has 1 amide bonds. The molecule has 0 atom stereocenters. The zero-order valence-corrected chi connectivity index (χ0v) is 14.6. The molecule has 144 valence electrons. The Morgan fingerprint density at radius 1 is 1.15 bits per heavy atom. The van der Waals surface area contributed by atoms with Crippen LogP contribution in [0.15, 0.2) is 42.6 Å². The van der Waals surface area contributed by atoms with Gasteiger partial charge in [0.25, 0.3) is 5.91 Å². The van der Waals surface area contributed by atoms with E-state index in [0.717, 1.165) is 49.4 Å². The number of anilines is 1. The Balaban J connectivity index is 1.56. The summed E-state index contributed by atoms with van der Waals surface area (Å²) < 4.78 is 40.7. The van der Waals surface area contributed by atoms with Crippen LogP contribution in [0, 0.1) is 0 Å². The van der Waals surface area contributed by atoms with Crippen LogP contribution in [-0.2, 0) is 6.54 Å². The predicted molar refractivity (Wildman–Crippen MR) is 94.6 cm³/mol. The van der Waals surface area contributed by atoms with Crippen molar-refractivity contribution in [2.24, 2.45) is 0 Å². The molecule has 5 nitrogen and oxygen atoms in total. The van der Waals surface area contributed by atoms with E-state index in [4.69, 9.17) is 0 Å². The van der Waals surface area contributed by atoms with Crippen LogP contribution in [0.25, 0.3) is 0 Å². The van der Waals surface area contributed by atoms with E-state index in [1.807, 2.05) is 12.1 Å². The lowest BCUT2D eigenvalue weighted by Crippen LogP contribution is -2.30. The molecule has 1 aromatic heterocycles. The summed E-state index contributed by atoms with van der Waals surface area (Å²) in [6.07, 6.45) is 0.479. The summed E-state index contributed by atoms with van der Waals surface area (Å²) in [6, 6.07) is 8.78. The molecule has 1 saturated heterocycles. The van der Waals surface area contributed by atoms with Crippen LogP contribution in [0.1, 0.15) is 35.2 Å². The molecule has 3 rings (SSSR count). The third kappa shape index (κ3) is 5.60. The van der Waals surface area contributed by atoms with Crippen molar-refractivity contribution in [3.05, 3.63) is 53.7 Å². The number of alkyl halides is 3. The molecule has 0 aliphatic carbocycles. The lowest BCUT2D eigenvalue weighted by molar-refractivity contribution is -0.274. The van der Waals surface area contributed by atoms with Gasteiger partial charge in [-0.05, 0) is 49.1 Å². The van der Waals surface area contributed by atoms with Gasteiger partial charge in [-0.25, -0.2) is 4.98 Å². The number of hydrogen-bond donors (Lipinski definition) is 1. The number of rotatable bonds is 5. The summed E-state index contributed by atoms with van der Waals surface area (Å²) in [6.45, 7) is 2.23. The van der Waals surface area contributed by atoms with E-state index in [9.17, 15) is 18.0 Å². The molecule has 1 fully saturated rings. The average Bonchev–Trinajstić information content (AvgIpc) is 2.66. The van der Waals surface area contributed by atoms with Gasteiger partial charge < -0.3 is 15.0 Å². The second-order valence-electron chi connectivity index (χ2n) is 6.33. The van der Waals surface area contributed by atoms with Gasteiger partial charge in [0, 0.05) is 31.4 Å². The number of piperidine rings is 1. The van der Waals surface area contributed by atoms with Crippen molar-refractivity contribution in [1.82, 2.24) is 10.3 Å². The third-order valence-electron chi connectivity index (χ3n) is 4.27. The average molecular weight is 379 g/mol. The molecule has 0 spiro atoms. The van der Waals surface area contributed by atoms with Gasteiger partial charge >= 0.3 is 6.36 Å². The zero-order chi connectivity index (χ0) is 19.3. The molecule has 0 unspecified atom stereocenters. The molecule has 2 heterocycles. The van der Waals surface area contributed by atoms with Gasteiger partial charge in [-0.15, -0.1) is 13.2 Å². The normalized spacial score (nSPS) is 14.7. The first-order valence-corrected chi connectivity index (χ1v) is 8.75. The number of halogens is 3. The molecule has 8 heteroatoms. The first-order valence-electron chi connectivity index (χ1n) is 8.75. The van der Waals surface area contributed by atoms with Crippen LogP contribution in [0.2, 0.25) is 0 Å². The Bertz CT molecular complexity index is 773. The fraction of sp³-hybridized carbons (Fsp3) is 0.368. The standard InChI is InChI=1S/C19H20F3N3O2/c20-19(21,22)27-16-6-4-5-15(11-16)18(26)24-13-14-7-8-17(23-12-14)25-9-2-1-3-10-25/h4-8,11-12H,1-3,9-10,13H2,(H,24,26). The van der Waals surface area contributed by atoms with E-state index < -0.39 is 18.0 Å². The zero-order valence-electron chi connectivity index (χ0n) is 14.6. The quantitative estimate of drug-likeness (QED) is 0.856. The minimum atomic E-state index is -4.79. The minimum absolute atomic E-state index is 0.0923. The van der Waals surface area contributed by atoms with Crippen LogP contribution < -0.4 is 15.0 Å². The number of ether oxygens (including phenoxy) is 1. The van der Waals surface area contributed by atoms with Gasteiger partial charge in [-0.1, -0.05) is 12.1 Å². The van der Waals surface area contributed by atoms with Crippen LogP contribution >= 0.6 is 0 Å². The summed E-state index contributed by atoms with van der Waals surface area (Å²) in [4.78, 5) is 18.8. The van der Waals surface area contributed by atoms with Crippen molar-refractivity contribution >= 4 is 11.7 Å². The van der Waals surface area contributed by atoms with E-state index in [0.29, 0.717) is 0 Å². The van der Waals surface area contributed by atoms with E-state index >= 15 is 0 Å². The Morgan fingerprint density at radius 2 is 1.93 bits per heavy atom. The summed E-state index contributed by atoms with van der Waals surface area (Å²) in [5.41, 5.74) is 0.904. The number of nitrogens with one attached hydrogen (secondary N) is 1. The van der Waals surface area contributed by atoms with Crippen molar-refractivity contribution in [1.29, 1.82) is 0 Å². The first-order chi connectivity index (χ1) is 12.9. The number of carbonyl (C=O) groups is 1. The van der Waals surface area contributed by atoms with Crippen LogP contribution in [0.5, 0.6) is 5.75 Å². The van der Waals surface area contributed by atoms with E-state index in [1.54, 1.807) is 6.20 Å². The Kier molecular flexibility index (Phi) is 5.83. The molecule has 1 aromatic carbocycles. The van der Waals surface area contributed by atoms with Gasteiger partial charge in [0.1, 0.15) is 11.6 Å². The monoisotopic (exact) mass is 379 g/mol. The Morgan fingerprint density at radius 3 is 2.59 bits per heavy atom. The summed E-state index contributed by atoms with van der Waals surface area (Å²) >= 11 is 0. The molecule has 0 bridgehead atoms. The maximum absolute atomic E-state index is 12.3. The smallest absolute Gasteiger partial charge is 0.406 e. The van der Waals surface area contributed by atoms with Crippen LogP contribution in [0.3, 0.4) is 0 Å². The third-order valence-corrected chi connectivity index (χ3v) is 4.27. The van der Waals surface area contributed by atoms with Gasteiger partial charge in [0.2, 0.25) is 0 Å². The lowest BCUT2D eigenvalue weighted by atomic mass is 10.1. The molecular formula is C19H20F3N3O2. The van der Waals surface area contributed by atoms with Crippen LogP contribution in [-0.4, -0.2) is 30.3 Å². The summed E-state index contributed by atoms with van der Waals surface area (Å²) in [5.74, 6) is 0.00668. The number of carbonyl (C=O) groups excluding carboxylic acids is 1.